The molecule has 1 fully saturated rings. The molecular weight excluding hydrogens is 183 g/mol. The molecule has 0 aliphatic carbocycles. The SMILES string of the molecule is [B]c1ccc(N[C@@H]2CCCN(C)C2)cc1.[HH]. The molecule has 1 heterocycles. The molecule has 80 valence electrons. The highest BCUT2D eigenvalue weighted by Crippen LogP contribution is 2.14. The lowest BCUT2D eigenvalue weighted by Crippen LogP contribution is -2.39. The number of hydrogen-bond donors (Lipinski definition) is 1. The minimum atomic E-state index is 0. The number of hydrogen-bond acceptors (Lipinski definition) is 2. The van der Waals surface area contributed by atoms with Crippen LogP contribution < -0.4 is 10.8 Å². The van der Waals surface area contributed by atoms with E-state index in [4.69, 9.17) is 7.85 Å². The summed E-state index contributed by atoms with van der Waals surface area (Å²) in [6, 6.07) is 8.55. The molecule has 0 bridgehead atoms. The molecular formula is C12H19BN2. The van der Waals surface area contributed by atoms with Crippen molar-refractivity contribution in [1.29, 1.82) is 0 Å². The molecule has 1 N–H and O–H groups in total. The van der Waals surface area contributed by atoms with Crippen molar-refractivity contribution >= 4 is 19.0 Å². The minimum Gasteiger partial charge on any atom is -0.381 e. The largest absolute Gasteiger partial charge is 0.381 e. The van der Waals surface area contributed by atoms with E-state index in [0.29, 0.717) is 6.04 Å². The van der Waals surface area contributed by atoms with Crippen molar-refractivity contribution in [3.8, 4) is 0 Å². The van der Waals surface area contributed by atoms with Crippen molar-refractivity contribution in [2.45, 2.75) is 18.9 Å². The molecule has 0 spiro atoms. The molecule has 1 aliphatic heterocycles. The number of anilines is 1. The van der Waals surface area contributed by atoms with E-state index in [9.17, 15) is 0 Å². The van der Waals surface area contributed by atoms with E-state index in [0.717, 1.165) is 12.0 Å². The van der Waals surface area contributed by atoms with Gasteiger partial charge < -0.3 is 10.2 Å². The average Bonchev–Trinajstić information content (AvgIpc) is 2.22. The van der Waals surface area contributed by atoms with Crippen molar-refractivity contribution in [2.75, 3.05) is 25.5 Å². The smallest absolute Gasteiger partial charge is 0.113 e. The summed E-state index contributed by atoms with van der Waals surface area (Å²) in [6.45, 7) is 2.35. The van der Waals surface area contributed by atoms with Crippen molar-refractivity contribution < 1.29 is 1.43 Å². The fraction of sp³-hybridized carbons (Fsp3) is 0.500. The number of likely N-dealkylation sites (N-methyl/N-ethyl adjacent to an activating group) is 1. The standard InChI is InChI=1S/C12H17BN2.H2/c1-15-8-2-3-12(9-15)14-11-6-4-10(13)5-7-11;/h4-7,12,14H,2-3,8-9H2,1H3;1H/t12-;/m1./s1. The van der Waals surface area contributed by atoms with Crippen LogP contribution >= 0.6 is 0 Å². The van der Waals surface area contributed by atoms with Crippen LogP contribution in [0.15, 0.2) is 24.3 Å². The van der Waals surface area contributed by atoms with Crippen LogP contribution in [0.25, 0.3) is 0 Å². The molecule has 1 aliphatic rings. The predicted molar refractivity (Wildman–Crippen MR) is 68.1 cm³/mol. The zero-order valence-corrected chi connectivity index (χ0v) is 9.24. The lowest BCUT2D eigenvalue weighted by molar-refractivity contribution is 0.261. The second-order valence-electron chi connectivity index (χ2n) is 4.37. The van der Waals surface area contributed by atoms with Crippen LogP contribution in [-0.2, 0) is 0 Å². The van der Waals surface area contributed by atoms with Gasteiger partial charge in [-0.05, 0) is 38.6 Å². The summed E-state index contributed by atoms with van der Waals surface area (Å²) in [5, 5.41) is 3.54. The zero-order valence-electron chi connectivity index (χ0n) is 9.24. The highest BCUT2D eigenvalue weighted by molar-refractivity contribution is 6.32. The third-order valence-corrected chi connectivity index (χ3v) is 2.91. The van der Waals surface area contributed by atoms with Crippen LogP contribution in [0.2, 0.25) is 0 Å². The van der Waals surface area contributed by atoms with Crippen LogP contribution in [0.4, 0.5) is 5.69 Å². The molecule has 0 amide bonds. The molecule has 1 saturated heterocycles. The Morgan fingerprint density at radius 1 is 1.40 bits per heavy atom. The van der Waals surface area contributed by atoms with Gasteiger partial charge in [0, 0.05) is 19.7 Å². The van der Waals surface area contributed by atoms with E-state index in [1.165, 1.54) is 25.1 Å². The van der Waals surface area contributed by atoms with Gasteiger partial charge in [-0.15, -0.1) is 0 Å². The molecule has 2 rings (SSSR count). The first kappa shape index (κ1) is 10.6. The van der Waals surface area contributed by atoms with Crippen LogP contribution in [0, 0.1) is 0 Å². The first-order chi connectivity index (χ1) is 7.24. The Balaban J connectivity index is 0.00000128. The summed E-state index contributed by atoms with van der Waals surface area (Å²) in [5.74, 6) is 0. The van der Waals surface area contributed by atoms with Gasteiger partial charge in [0.15, 0.2) is 0 Å². The molecule has 2 radical (unpaired) electrons. The van der Waals surface area contributed by atoms with Gasteiger partial charge >= 0.3 is 0 Å². The Morgan fingerprint density at radius 2 is 2.13 bits per heavy atom. The maximum Gasteiger partial charge on any atom is 0.113 e. The maximum absolute atomic E-state index is 5.65. The third kappa shape index (κ3) is 3.00. The van der Waals surface area contributed by atoms with Crippen LogP contribution in [0.1, 0.15) is 14.3 Å². The van der Waals surface area contributed by atoms with Crippen molar-refractivity contribution in [3.05, 3.63) is 24.3 Å². The Morgan fingerprint density at radius 3 is 2.80 bits per heavy atom. The lowest BCUT2D eigenvalue weighted by atomic mass is 9.96. The lowest BCUT2D eigenvalue weighted by Gasteiger charge is -2.30. The van der Waals surface area contributed by atoms with E-state index in [2.05, 4.69) is 17.3 Å². The van der Waals surface area contributed by atoms with Crippen LogP contribution in [-0.4, -0.2) is 38.9 Å². The van der Waals surface area contributed by atoms with Gasteiger partial charge in [0.1, 0.15) is 7.85 Å². The van der Waals surface area contributed by atoms with Crippen LogP contribution in [0.3, 0.4) is 0 Å². The number of rotatable bonds is 2. The third-order valence-electron chi connectivity index (χ3n) is 2.91. The monoisotopic (exact) mass is 202 g/mol. The Labute approximate surface area is 94.6 Å². The first-order valence-electron chi connectivity index (χ1n) is 5.54. The number of piperidine rings is 1. The topological polar surface area (TPSA) is 15.3 Å². The molecule has 1 aromatic carbocycles. The Kier molecular flexibility index (Phi) is 3.32. The predicted octanol–water partition coefficient (Wildman–Crippen LogP) is 1.23. The quantitative estimate of drug-likeness (QED) is 0.725. The Bertz CT molecular complexity index is 315. The molecule has 0 aromatic heterocycles. The summed E-state index contributed by atoms with van der Waals surface area (Å²) in [6.07, 6.45) is 2.54. The normalized spacial score (nSPS) is 22.6. The van der Waals surface area contributed by atoms with Gasteiger partial charge in [-0.3, -0.25) is 0 Å². The number of benzene rings is 1. The molecule has 2 nitrogen and oxygen atoms in total. The molecule has 3 heteroatoms. The summed E-state index contributed by atoms with van der Waals surface area (Å²) >= 11 is 0. The van der Waals surface area contributed by atoms with E-state index < -0.39 is 0 Å². The number of nitrogens with zero attached hydrogens (tertiary/aromatic N) is 1. The van der Waals surface area contributed by atoms with Gasteiger partial charge in [-0.25, -0.2) is 0 Å². The van der Waals surface area contributed by atoms with Crippen molar-refractivity contribution in [1.82, 2.24) is 4.90 Å². The summed E-state index contributed by atoms with van der Waals surface area (Å²) in [5.41, 5.74) is 1.99. The van der Waals surface area contributed by atoms with E-state index in [-0.39, 0.29) is 1.43 Å². The molecule has 15 heavy (non-hydrogen) atoms. The summed E-state index contributed by atoms with van der Waals surface area (Å²) in [4.78, 5) is 2.37. The first-order valence-corrected chi connectivity index (χ1v) is 5.54. The van der Waals surface area contributed by atoms with E-state index >= 15 is 0 Å². The molecule has 0 saturated carbocycles. The molecule has 0 unspecified atom stereocenters. The minimum absolute atomic E-state index is 0. The second-order valence-corrected chi connectivity index (χ2v) is 4.37. The number of nitrogens with one attached hydrogen (secondary N) is 1. The van der Waals surface area contributed by atoms with Crippen molar-refractivity contribution in [2.24, 2.45) is 0 Å². The van der Waals surface area contributed by atoms with Gasteiger partial charge in [0.2, 0.25) is 0 Å². The fourth-order valence-corrected chi connectivity index (χ4v) is 2.10. The van der Waals surface area contributed by atoms with E-state index in [1.807, 2.05) is 24.3 Å². The molecule has 1 aromatic rings. The van der Waals surface area contributed by atoms with Gasteiger partial charge in [0.05, 0.1) is 0 Å². The summed E-state index contributed by atoms with van der Waals surface area (Å²) < 4.78 is 0. The van der Waals surface area contributed by atoms with Crippen molar-refractivity contribution in [3.63, 3.8) is 0 Å². The highest BCUT2D eigenvalue weighted by atomic mass is 15.1. The second kappa shape index (κ2) is 4.71. The summed E-state index contributed by atoms with van der Waals surface area (Å²) in [7, 11) is 7.82. The van der Waals surface area contributed by atoms with Gasteiger partial charge in [0.25, 0.3) is 0 Å². The number of likely N-dealkylation sites (tertiary alicyclic amines) is 1. The van der Waals surface area contributed by atoms with Gasteiger partial charge in [-0.1, -0.05) is 17.6 Å². The zero-order chi connectivity index (χ0) is 10.7. The molecule has 1 atom stereocenters. The fourth-order valence-electron chi connectivity index (χ4n) is 2.10. The highest BCUT2D eigenvalue weighted by Gasteiger charge is 2.16. The Hall–Kier alpha value is -0.955. The van der Waals surface area contributed by atoms with Gasteiger partial charge in [-0.2, -0.15) is 0 Å². The van der Waals surface area contributed by atoms with E-state index in [1.54, 1.807) is 0 Å². The maximum atomic E-state index is 5.65. The average molecular weight is 202 g/mol. The van der Waals surface area contributed by atoms with Crippen LogP contribution in [0.5, 0.6) is 0 Å².